The fourth-order valence-corrected chi connectivity index (χ4v) is 1.31. The minimum Gasteiger partial charge on any atom is -0.492 e. The highest BCUT2D eigenvalue weighted by molar-refractivity contribution is 5.92. The van der Waals surface area contributed by atoms with Gasteiger partial charge in [0.25, 0.3) is 0 Å². The molecule has 0 unspecified atom stereocenters. The molecule has 1 aromatic carbocycles. The first-order valence-corrected chi connectivity index (χ1v) is 3.94. The van der Waals surface area contributed by atoms with Gasteiger partial charge in [-0.25, -0.2) is 0 Å². The van der Waals surface area contributed by atoms with Crippen LogP contribution in [0.4, 0.5) is 0 Å². The summed E-state index contributed by atoms with van der Waals surface area (Å²) in [6, 6.07) is 6.48. The molecule has 0 aliphatic rings. The van der Waals surface area contributed by atoms with E-state index in [1.54, 1.807) is 24.3 Å². The van der Waals surface area contributed by atoms with Crippen LogP contribution in [0.5, 0.6) is 11.8 Å². The summed E-state index contributed by atoms with van der Waals surface area (Å²) in [4.78, 5) is 17.6. The summed E-state index contributed by atoms with van der Waals surface area (Å²) in [5.41, 5.74) is 0. The molecule has 1 heterocycles. The third-order valence-corrected chi connectivity index (χ3v) is 1.93. The maximum atomic E-state index is 9.64. The van der Waals surface area contributed by atoms with Gasteiger partial charge in [-0.15, -0.1) is 9.90 Å². The Morgan fingerprint density at radius 1 is 1.13 bits per heavy atom. The predicted molar refractivity (Wildman–Crippen MR) is 48.7 cm³/mol. The lowest BCUT2D eigenvalue weighted by atomic mass is 10.2. The zero-order valence-corrected chi connectivity index (χ0v) is 7.32. The lowest BCUT2D eigenvalue weighted by Crippen LogP contribution is -2.07. The third kappa shape index (κ3) is 1.30. The Morgan fingerprint density at radius 2 is 1.67 bits per heavy atom. The summed E-state index contributed by atoms with van der Waals surface area (Å²) in [5, 5.41) is 21.8. The van der Waals surface area contributed by atoms with Crippen LogP contribution in [0, 0.1) is 4.91 Å². The number of nitrogens with zero attached hydrogens (tertiary/aromatic N) is 2. The van der Waals surface area contributed by atoms with Crippen LogP contribution in [0.2, 0.25) is 0 Å². The summed E-state index contributed by atoms with van der Waals surface area (Å²) in [6.07, 6.45) is 0. The maximum absolute atomic E-state index is 9.64. The second-order valence-corrected chi connectivity index (χ2v) is 2.71. The average molecular weight is 210 g/mol. The molecular weight excluding hydrogens is 204 g/mol. The molecule has 7 nitrogen and oxygen atoms in total. The SMILES string of the molecule is O=NOOn1c(O)c2ccccc2c1O. The molecule has 0 radical (unpaired) electrons. The maximum Gasteiger partial charge on any atom is 0.242 e. The third-order valence-electron chi connectivity index (χ3n) is 1.93. The van der Waals surface area contributed by atoms with Gasteiger partial charge in [-0.05, 0) is 12.1 Å². The predicted octanol–water partition coefficient (Wildman–Crippen LogP) is 1.09. The first kappa shape index (κ1) is 9.13. The van der Waals surface area contributed by atoms with Crippen LogP contribution in [0.15, 0.2) is 29.6 Å². The molecule has 0 saturated carbocycles. The van der Waals surface area contributed by atoms with E-state index in [9.17, 15) is 15.1 Å². The Kier molecular flexibility index (Phi) is 2.05. The van der Waals surface area contributed by atoms with Gasteiger partial charge < -0.3 is 10.2 Å². The first-order chi connectivity index (χ1) is 7.25. The molecule has 78 valence electrons. The summed E-state index contributed by atoms with van der Waals surface area (Å²) < 4.78 is 0.548. The van der Waals surface area contributed by atoms with Crippen molar-refractivity contribution in [3.8, 4) is 11.8 Å². The minimum atomic E-state index is -0.383. The van der Waals surface area contributed by atoms with E-state index >= 15 is 0 Å². The molecule has 0 bridgehead atoms. The van der Waals surface area contributed by atoms with Crippen LogP contribution in [-0.4, -0.2) is 14.9 Å². The Labute approximate surface area is 82.9 Å². The molecule has 7 heteroatoms. The van der Waals surface area contributed by atoms with Crippen molar-refractivity contribution in [1.82, 2.24) is 4.73 Å². The lowest BCUT2D eigenvalue weighted by Gasteiger charge is -1.99. The van der Waals surface area contributed by atoms with E-state index in [2.05, 4.69) is 9.98 Å². The zero-order valence-electron chi connectivity index (χ0n) is 7.32. The lowest BCUT2D eigenvalue weighted by molar-refractivity contribution is -0.299. The molecule has 0 fully saturated rings. The second-order valence-electron chi connectivity index (χ2n) is 2.71. The number of aromatic nitrogens is 1. The van der Waals surface area contributed by atoms with E-state index in [4.69, 9.17) is 0 Å². The van der Waals surface area contributed by atoms with E-state index in [1.807, 2.05) is 5.34 Å². The smallest absolute Gasteiger partial charge is 0.242 e. The molecule has 0 amide bonds. The zero-order chi connectivity index (χ0) is 10.8. The van der Waals surface area contributed by atoms with Crippen molar-refractivity contribution in [2.24, 2.45) is 5.34 Å². The fourth-order valence-electron chi connectivity index (χ4n) is 1.31. The van der Waals surface area contributed by atoms with Gasteiger partial charge in [-0.1, -0.05) is 16.9 Å². The van der Waals surface area contributed by atoms with Crippen molar-refractivity contribution < 1.29 is 20.2 Å². The number of fused-ring (bicyclic) bond motifs is 1. The molecular formula is C8H6N2O5. The summed E-state index contributed by atoms with van der Waals surface area (Å²) >= 11 is 0. The topological polar surface area (TPSA) is 93.3 Å². The van der Waals surface area contributed by atoms with E-state index in [0.29, 0.717) is 15.5 Å². The summed E-state index contributed by atoms with van der Waals surface area (Å²) in [7, 11) is 0. The highest BCUT2D eigenvalue weighted by Gasteiger charge is 2.17. The standard InChI is InChI=1S/C8H6N2O5/c11-7-5-3-1-2-4-6(5)8(12)10(7)15-14-9-13/h1-4,11-12H. The van der Waals surface area contributed by atoms with E-state index in [1.165, 1.54) is 0 Å². The first-order valence-electron chi connectivity index (χ1n) is 3.94. The number of aromatic hydroxyl groups is 2. The van der Waals surface area contributed by atoms with Crippen molar-refractivity contribution in [1.29, 1.82) is 0 Å². The van der Waals surface area contributed by atoms with Gasteiger partial charge in [-0.2, -0.15) is 4.99 Å². The van der Waals surface area contributed by atoms with Crippen LogP contribution >= 0.6 is 0 Å². The molecule has 0 aliphatic heterocycles. The van der Waals surface area contributed by atoms with Gasteiger partial charge in [-0.3, -0.25) is 0 Å². The van der Waals surface area contributed by atoms with Crippen LogP contribution in [-0.2, 0) is 4.99 Å². The average Bonchev–Trinajstić information content (AvgIpc) is 2.51. The molecule has 0 spiro atoms. The van der Waals surface area contributed by atoms with Crippen molar-refractivity contribution in [2.75, 3.05) is 0 Å². The number of hydrogen-bond acceptors (Lipinski definition) is 6. The van der Waals surface area contributed by atoms with Gasteiger partial charge in [0.1, 0.15) is 0 Å². The Bertz CT molecular complexity index is 468. The van der Waals surface area contributed by atoms with E-state index in [-0.39, 0.29) is 11.8 Å². The van der Waals surface area contributed by atoms with Crippen molar-refractivity contribution >= 4 is 10.8 Å². The van der Waals surface area contributed by atoms with Crippen LogP contribution in [0.25, 0.3) is 10.8 Å². The van der Waals surface area contributed by atoms with Crippen LogP contribution < -0.4 is 4.99 Å². The molecule has 0 atom stereocenters. The van der Waals surface area contributed by atoms with Gasteiger partial charge in [0.05, 0.1) is 10.8 Å². The number of hydrogen-bond donors (Lipinski definition) is 2. The normalized spacial score (nSPS) is 10.1. The van der Waals surface area contributed by atoms with Crippen molar-refractivity contribution in [3.05, 3.63) is 29.2 Å². The Hall–Kier alpha value is -2.44. The molecule has 2 rings (SSSR count). The van der Waals surface area contributed by atoms with Gasteiger partial charge in [0, 0.05) is 0 Å². The fraction of sp³-hybridized carbons (Fsp3) is 0. The Morgan fingerprint density at radius 3 is 2.13 bits per heavy atom. The minimum absolute atomic E-state index is 0.365. The molecule has 1 aromatic heterocycles. The number of benzene rings is 1. The molecule has 2 N–H and O–H groups in total. The molecule has 0 saturated heterocycles. The molecule has 15 heavy (non-hydrogen) atoms. The number of rotatable bonds is 3. The highest BCUT2D eigenvalue weighted by Crippen LogP contribution is 2.34. The van der Waals surface area contributed by atoms with Crippen molar-refractivity contribution in [2.45, 2.75) is 0 Å². The molecule has 2 aromatic rings. The van der Waals surface area contributed by atoms with E-state index in [0.717, 1.165) is 0 Å². The quantitative estimate of drug-likeness (QED) is 0.449. The summed E-state index contributed by atoms with van der Waals surface area (Å²) in [6.45, 7) is 0. The van der Waals surface area contributed by atoms with Gasteiger partial charge in [0.15, 0.2) is 0 Å². The monoisotopic (exact) mass is 210 g/mol. The van der Waals surface area contributed by atoms with Gasteiger partial charge in [0.2, 0.25) is 17.1 Å². The van der Waals surface area contributed by atoms with Gasteiger partial charge >= 0.3 is 0 Å². The van der Waals surface area contributed by atoms with Crippen LogP contribution in [0.1, 0.15) is 0 Å². The molecule has 0 aliphatic carbocycles. The largest absolute Gasteiger partial charge is 0.492 e. The van der Waals surface area contributed by atoms with Crippen LogP contribution in [0.3, 0.4) is 0 Å². The summed E-state index contributed by atoms with van der Waals surface area (Å²) in [5.74, 6) is -0.765. The highest BCUT2D eigenvalue weighted by atomic mass is 17.3. The van der Waals surface area contributed by atoms with Crippen molar-refractivity contribution in [3.63, 3.8) is 0 Å². The Balaban J connectivity index is 2.59. The second kappa shape index (κ2) is 3.37. The van der Waals surface area contributed by atoms with E-state index < -0.39 is 0 Å².